The van der Waals surface area contributed by atoms with Crippen LogP contribution in [0, 0.1) is 0 Å². The van der Waals surface area contributed by atoms with E-state index < -0.39 is 16.1 Å². The largest absolute Gasteiger partial charge is 0.495 e. The Hall–Kier alpha value is -2.98. The quantitative estimate of drug-likeness (QED) is 0.231. The highest BCUT2D eigenvalue weighted by Gasteiger charge is 2.31. The van der Waals surface area contributed by atoms with Crippen LogP contribution in [0.25, 0.3) is 0 Å². The minimum Gasteiger partial charge on any atom is -0.495 e. The Kier molecular flexibility index (Phi) is 12.4. The number of amides is 2. The minimum atomic E-state index is -3.69. The van der Waals surface area contributed by atoms with Crippen LogP contribution in [0.15, 0.2) is 66.7 Å². The molecule has 0 saturated carbocycles. The number of nitrogens with zero attached hydrogens (tertiary/aromatic N) is 2. The van der Waals surface area contributed by atoms with Gasteiger partial charge in [-0.15, -0.1) is 0 Å². The van der Waals surface area contributed by atoms with Crippen LogP contribution in [0.5, 0.6) is 5.75 Å². The zero-order valence-electron chi connectivity index (χ0n) is 23.6. The molecule has 2 amide bonds. The van der Waals surface area contributed by atoms with E-state index >= 15 is 0 Å². The van der Waals surface area contributed by atoms with Gasteiger partial charge in [0.1, 0.15) is 11.8 Å². The lowest BCUT2D eigenvalue weighted by Crippen LogP contribution is -2.50. The molecule has 42 heavy (non-hydrogen) atoms. The van der Waals surface area contributed by atoms with Crippen LogP contribution in [0.2, 0.25) is 15.1 Å². The summed E-state index contributed by atoms with van der Waals surface area (Å²) in [6.45, 7) is 2.28. The summed E-state index contributed by atoms with van der Waals surface area (Å²) >= 11 is 18.8. The predicted octanol–water partition coefficient (Wildman–Crippen LogP) is 5.98. The van der Waals surface area contributed by atoms with Crippen molar-refractivity contribution in [1.82, 2.24) is 10.2 Å². The van der Waals surface area contributed by atoms with Gasteiger partial charge in [0.15, 0.2) is 0 Å². The summed E-state index contributed by atoms with van der Waals surface area (Å²) in [4.78, 5) is 28.7. The van der Waals surface area contributed by atoms with Crippen LogP contribution < -0.4 is 14.4 Å². The van der Waals surface area contributed by atoms with Gasteiger partial charge in [0, 0.05) is 42.5 Å². The van der Waals surface area contributed by atoms with Gasteiger partial charge in [-0.1, -0.05) is 71.2 Å². The van der Waals surface area contributed by atoms with E-state index in [1.807, 2.05) is 37.3 Å². The molecule has 1 N–H and O–H groups in total. The predicted molar refractivity (Wildman–Crippen MR) is 169 cm³/mol. The average Bonchev–Trinajstić information content (AvgIpc) is 2.94. The van der Waals surface area contributed by atoms with E-state index in [2.05, 4.69) is 5.32 Å². The molecule has 8 nitrogen and oxygen atoms in total. The van der Waals surface area contributed by atoms with Crippen molar-refractivity contribution in [3.63, 3.8) is 0 Å². The first kappa shape index (κ1) is 33.5. The molecule has 0 fully saturated rings. The van der Waals surface area contributed by atoms with Crippen LogP contribution >= 0.6 is 34.8 Å². The molecule has 0 aliphatic rings. The van der Waals surface area contributed by atoms with Crippen LogP contribution in [-0.2, 0) is 32.6 Å². The Bertz CT molecular complexity index is 1490. The van der Waals surface area contributed by atoms with Gasteiger partial charge in [0.25, 0.3) is 0 Å². The zero-order chi connectivity index (χ0) is 30.9. The summed E-state index contributed by atoms with van der Waals surface area (Å²) in [5.41, 5.74) is 1.86. The molecule has 0 aromatic heterocycles. The molecule has 3 aromatic rings. The number of halogens is 3. The Labute approximate surface area is 262 Å². The van der Waals surface area contributed by atoms with E-state index in [9.17, 15) is 18.0 Å². The molecule has 226 valence electrons. The standard InChI is InChI=1S/C30H34Cl3N3O5S/c1-4-34-30(38)27(17-21-9-6-5-7-10-21)35(20-22-12-13-23(31)18-25(22)32)29(37)11-8-16-36(42(3,39)40)24-14-15-28(41-2)26(33)19-24/h5-7,9-10,12-15,18-19,27H,4,8,11,16-17,20H2,1-3H3,(H,34,38)/t27-/m0/s1. The molecule has 3 rings (SSSR count). The number of likely N-dealkylation sites (N-methyl/N-ethyl adjacent to an activating group) is 1. The van der Waals surface area contributed by atoms with Crippen LogP contribution in [0.1, 0.15) is 30.9 Å². The topological polar surface area (TPSA) is 96.0 Å². The molecule has 0 bridgehead atoms. The molecule has 0 aliphatic carbocycles. The van der Waals surface area contributed by atoms with Crippen molar-refractivity contribution < 1.29 is 22.7 Å². The number of carbonyl (C=O) groups is 2. The highest BCUT2D eigenvalue weighted by molar-refractivity contribution is 7.92. The smallest absolute Gasteiger partial charge is 0.243 e. The Morgan fingerprint density at radius 3 is 2.29 bits per heavy atom. The van der Waals surface area contributed by atoms with Crippen LogP contribution in [0.3, 0.4) is 0 Å². The molecule has 12 heteroatoms. The first-order chi connectivity index (χ1) is 19.9. The van der Waals surface area contributed by atoms with Gasteiger partial charge in [-0.05, 0) is 54.8 Å². The molecule has 0 saturated heterocycles. The van der Waals surface area contributed by atoms with Crippen molar-refractivity contribution in [3.8, 4) is 5.75 Å². The van der Waals surface area contributed by atoms with E-state index in [4.69, 9.17) is 39.5 Å². The van der Waals surface area contributed by atoms with E-state index in [-0.39, 0.29) is 49.2 Å². The number of benzene rings is 3. The van der Waals surface area contributed by atoms with Crippen LogP contribution in [0.4, 0.5) is 5.69 Å². The molecular formula is C30H34Cl3N3O5S. The van der Waals surface area contributed by atoms with Gasteiger partial charge in [0.05, 0.1) is 24.1 Å². The number of ether oxygens (including phenoxy) is 1. The molecule has 3 aromatic carbocycles. The fourth-order valence-corrected chi connectivity index (χ4v) is 6.17. The van der Waals surface area contributed by atoms with Crippen molar-refractivity contribution in [2.24, 2.45) is 0 Å². The maximum absolute atomic E-state index is 13.8. The summed E-state index contributed by atoms with van der Waals surface area (Å²) < 4.78 is 31.7. The van der Waals surface area contributed by atoms with Gasteiger partial charge < -0.3 is 15.0 Å². The molecule has 0 radical (unpaired) electrons. The van der Waals surface area contributed by atoms with E-state index in [1.165, 1.54) is 22.4 Å². The van der Waals surface area contributed by atoms with Gasteiger partial charge in [-0.25, -0.2) is 8.42 Å². The number of hydrogen-bond acceptors (Lipinski definition) is 5. The minimum absolute atomic E-state index is 0.0211. The molecular weight excluding hydrogens is 621 g/mol. The first-order valence-corrected chi connectivity index (χ1v) is 16.3. The Balaban J connectivity index is 1.89. The van der Waals surface area contributed by atoms with Gasteiger partial charge in [0.2, 0.25) is 21.8 Å². The fraction of sp³-hybridized carbons (Fsp3) is 0.333. The monoisotopic (exact) mass is 653 g/mol. The summed E-state index contributed by atoms with van der Waals surface area (Å²) in [7, 11) is -2.23. The number of methoxy groups -OCH3 is 1. The third kappa shape index (κ3) is 9.26. The third-order valence-corrected chi connectivity index (χ3v) is 8.63. The molecule has 1 atom stereocenters. The number of anilines is 1. The van der Waals surface area contributed by atoms with Crippen LogP contribution in [-0.4, -0.2) is 57.6 Å². The maximum Gasteiger partial charge on any atom is 0.243 e. The van der Waals surface area contributed by atoms with Gasteiger partial charge >= 0.3 is 0 Å². The van der Waals surface area contributed by atoms with Crippen molar-refractivity contribution in [2.75, 3.05) is 30.8 Å². The SMILES string of the molecule is CCNC(=O)[C@H](Cc1ccccc1)N(Cc1ccc(Cl)cc1Cl)C(=O)CCCN(c1ccc(OC)c(Cl)c1)S(C)(=O)=O. The second-order valence-corrected chi connectivity index (χ2v) is 12.8. The lowest BCUT2D eigenvalue weighted by Gasteiger charge is -2.32. The summed E-state index contributed by atoms with van der Waals surface area (Å²) in [5.74, 6) is -0.213. The molecule has 0 aliphatic heterocycles. The van der Waals surface area contributed by atoms with E-state index in [0.717, 1.165) is 11.8 Å². The highest BCUT2D eigenvalue weighted by Crippen LogP contribution is 2.30. The van der Waals surface area contributed by atoms with Crippen molar-refractivity contribution in [2.45, 2.75) is 38.8 Å². The Morgan fingerprint density at radius 1 is 0.976 bits per heavy atom. The second kappa shape index (κ2) is 15.5. The fourth-order valence-electron chi connectivity index (χ4n) is 4.49. The third-order valence-electron chi connectivity index (χ3n) is 6.55. The summed E-state index contributed by atoms with van der Waals surface area (Å²) in [6.07, 6.45) is 1.54. The molecule has 0 spiro atoms. The van der Waals surface area contributed by atoms with Crippen molar-refractivity contribution >= 4 is 62.3 Å². The zero-order valence-corrected chi connectivity index (χ0v) is 26.7. The van der Waals surface area contributed by atoms with Gasteiger partial charge in [-0.2, -0.15) is 0 Å². The number of sulfonamides is 1. The van der Waals surface area contributed by atoms with E-state index in [1.54, 1.807) is 30.3 Å². The lowest BCUT2D eigenvalue weighted by molar-refractivity contribution is -0.141. The highest BCUT2D eigenvalue weighted by atomic mass is 35.5. The van der Waals surface area contributed by atoms with Crippen molar-refractivity contribution in [1.29, 1.82) is 0 Å². The normalized spacial score (nSPS) is 12.0. The molecule has 0 unspecified atom stereocenters. The van der Waals surface area contributed by atoms with E-state index in [0.29, 0.717) is 33.6 Å². The number of carbonyl (C=O) groups excluding carboxylic acids is 2. The average molecular weight is 655 g/mol. The van der Waals surface area contributed by atoms with Gasteiger partial charge in [-0.3, -0.25) is 13.9 Å². The summed E-state index contributed by atoms with van der Waals surface area (Å²) in [6, 6.07) is 18.2. The second-order valence-electron chi connectivity index (χ2n) is 9.62. The van der Waals surface area contributed by atoms with Crippen molar-refractivity contribution in [3.05, 3.63) is 92.9 Å². The number of hydrogen-bond donors (Lipinski definition) is 1. The maximum atomic E-state index is 13.8. The Morgan fingerprint density at radius 2 is 1.69 bits per heavy atom. The number of rotatable bonds is 14. The first-order valence-electron chi connectivity index (χ1n) is 13.3. The summed E-state index contributed by atoms with van der Waals surface area (Å²) in [5, 5.41) is 3.92. The lowest BCUT2D eigenvalue weighted by atomic mass is 10.0. The number of nitrogens with one attached hydrogen (secondary N) is 1. The molecule has 0 heterocycles.